The third-order valence-electron chi connectivity index (χ3n) is 2.26. The Morgan fingerprint density at radius 2 is 2.14 bits per heavy atom. The predicted molar refractivity (Wildman–Crippen MR) is 58.1 cm³/mol. The summed E-state index contributed by atoms with van der Waals surface area (Å²) in [6.07, 6.45) is 2.83. The maximum atomic E-state index is 5.89. The molecule has 1 aromatic heterocycles. The third-order valence-corrected chi connectivity index (χ3v) is 2.26. The van der Waals surface area contributed by atoms with Gasteiger partial charge in [-0.2, -0.15) is 0 Å². The molecule has 3 heteroatoms. The smallest absolute Gasteiger partial charge is 0.0891 e. The van der Waals surface area contributed by atoms with E-state index in [9.17, 15) is 0 Å². The van der Waals surface area contributed by atoms with Crippen LogP contribution in [0.4, 0.5) is 5.69 Å². The summed E-state index contributed by atoms with van der Waals surface area (Å²) in [6.45, 7) is 7.37. The number of rotatable bonds is 4. The summed E-state index contributed by atoms with van der Waals surface area (Å²) in [5, 5.41) is 0. The minimum absolute atomic E-state index is 0.560. The molecule has 1 heterocycles. The molecule has 0 aliphatic rings. The highest BCUT2D eigenvalue weighted by molar-refractivity contribution is 5.53. The van der Waals surface area contributed by atoms with E-state index in [-0.39, 0.29) is 0 Å². The number of hydrogen-bond donors (Lipinski definition) is 1. The molecule has 0 amide bonds. The summed E-state index contributed by atoms with van der Waals surface area (Å²) in [4.78, 5) is 4.31. The lowest BCUT2D eigenvalue weighted by Gasteiger charge is -2.09. The molecule has 0 unspecified atom stereocenters. The maximum absolute atomic E-state index is 5.89. The Morgan fingerprint density at radius 1 is 1.43 bits per heavy atom. The zero-order valence-electron chi connectivity index (χ0n) is 9.13. The molecule has 0 aromatic carbocycles. The molecule has 3 nitrogen and oxygen atoms in total. The lowest BCUT2D eigenvalue weighted by Crippen LogP contribution is -2.04. The van der Waals surface area contributed by atoms with Gasteiger partial charge in [0.1, 0.15) is 0 Å². The van der Waals surface area contributed by atoms with E-state index in [1.54, 1.807) is 6.20 Å². The first-order valence-corrected chi connectivity index (χ1v) is 4.95. The molecule has 0 radical (unpaired) electrons. The quantitative estimate of drug-likeness (QED) is 0.747. The van der Waals surface area contributed by atoms with Crippen LogP contribution in [0.15, 0.2) is 6.20 Å². The van der Waals surface area contributed by atoms with Gasteiger partial charge in [-0.05, 0) is 31.4 Å². The molecule has 0 saturated carbocycles. The molecule has 0 bridgehead atoms. The van der Waals surface area contributed by atoms with Gasteiger partial charge in [0.15, 0.2) is 0 Å². The van der Waals surface area contributed by atoms with E-state index in [1.165, 1.54) is 0 Å². The van der Waals surface area contributed by atoms with Crippen LogP contribution in [-0.4, -0.2) is 11.6 Å². The highest BCUT2D eigenvalue weighted by atomic mass is 16.5. The van der Waals surface area contributed by atoms with E-state index in [0.29, 0.717) is 6.61 Å². The van der Waals surface area contributed by atoms with Crippen LogP contribution in [0.5, 0.6) is 0 Å². The van der Waals surface area contributed by atoms with Crippen LogP contribution >= 0.6 is 0 Å². The van der Waals surface area contributed by atoms with E-state index >= 15 is 0 Å². The minimum atomic E-state index is 0.560. The Bertz CT molecular complexity index is 310. The van der Waals surface area contributed by atoms with Crippen LogP contribution in [0, 0.1) is 13.8 Å². The monoisotopic (exact) mass is 194 g/mol. The van der Waals surface area contributed by atoms with Crippen LogP contribution in [0.1, 0.15) is 30.2 Å². The molecular weight excluding hydrogens is 176 g/mol. The van der Waals surface area contributed by atoms with E-state index in [0.717, 1.165) is 35.5 Å². The van der Waals surface area contributed by atoms with E-state index < -0.39 is 0 Å². The number of pyridine rings is 1. The topological polar surface area (TPSA) is 48.1 Å². The second-order valence-corrected chi connectivity index (χ2v) is 3.48. The number of nitrogens with zero attached hydrogens (tertiary/aromatic N) is 1. The van der Waals surface area contributed by atoms with Crippen molar-refractivity contribution in [3.8, 4) is 0 Å². The van der Waals surface area contributed by atoms with Crippen LogP contribution in [0.2, 0.25) is 0 Å². The van der Waals surface area contributed by atoms with Gasteiger partial charge in [-0.15, -0.1) is 0 Å². The fourth-order valence-corrected chi connectivity index (χ4v) is 1.25. The Balaban J connectivity index is 2.73. The number of aryl methyl sites for hydroxylation is 1. The van der Waals surface area contributed by atoms with Crippen molar-refractivity contribution >= 4 is 5.69 Å². The molecular formula is C11H18N2O. The van der Waals surface area contributed by atoms with Crippen LogP contribution < -0.4 is 5.73 Å². The van der Waals surface area contributed by atoms with Gasteiger partial charge in [-0.3, -0.25) is 4.98 Å². The van der Waals surface area contributed by atoms with Crippen molar-refractivity contribution < 1.29 is 4.74 Å². The normalized spacial score (nSPS) is 10.5. The Kier molecular flexibility index (Phi) is 3.89. The van der Waals surface area contributed by atoms with Crippen molar-refractivity contribution in [2.75, 3.05) is 12.3 Å². The molecule has 1 aromatic rings. The van der Waals surface area contributed by atoms with Crippen molar-refractivity contribution in [3.63, 3.8) is 0 Å². The zero-order valence-corrected chi connectivity index (χ0v) is 9.13. The molecule has 0 aliphatic carbocycles. The van der Waals surface area contributed by atoms with Crippen LogP contribution in [-0.2, 0) is 11.3 Å². The largest absolute Gasteiger partial charge is 0.398 e. The van der Waals surface area contributed by atoms with Crippen molar-refractivity contribution in [3.05, 3.63) is 23.0 Å². The Hall–Kier alpha value is -1.09. The van der Waals surface area contributed by atoms with E-state index in [1.807, 2.05) is 13.8 Å². The minimum Gasteiger partial charge on any atom is -0.398 e. The predicted octanol–water partition coefficient (Wildman–Crippen LogP) is 2.21. The van der Waals surface area contributed by atoms with Gasteiger partial charge >= 0.3 is 0 Å². The van der Waals surface area contributed by atoms with Crippen LogP contribution in [0.3, 0.4) is 0 Å². The van der Waals surface area contributed by atoms with Crippen molar-refractivity contribution in [2.45, 2.75) is 33.8 Å². The number of aromatic nitrogens is 1. The van der Waals surface area contributed by atoms with Crippen molar-refractivity contribution in [1.82, 2.24) is 4.98 Å². The molecule has 0 saturated heterocycles. The number of nitrogen functional groups attached to an aromatic ring is 1. The molecule has 2 N–H and O–H groups in total. The Labute approximate surface area is 85.3 Å². The van der Waals surface area contributed by atoms with Gasteiger partial charge in [0.2, 0.25) is 0 Å². The van der Waals surface area contributed by atoms with E-state index in [4.69, 9.17) is 10.5 Å². The molecule has 0 spiro atoms. The average molecular weight is 194 g/mol. The summed E-state index contributed by atoms with van der Waals surface area (Å²) in [5.41, 5.74) is 9.74. The summed E-state index contributed by atoms with van der Waals surface area (Å²) < 4.78 is 5.43. The molecule has 1 rings (SSSR count). The second kappa shape index (κ2) is 4.96. The fraction of sp³-hybridized carbons (Fsp3) is 0.545. The highest BCUT2D eigenvalue weighted by Crippen LogP contribution is 2.18. The maximum Gasteiger partial charge on any atom is 0.0891 e. The standard InChI is InChI=1S/C11H18N2O/c1-4-5-14-7-10-9(3)11(12)8(2)6-13-10/h6H,4-5,7H2,1-3H3,(H2,12,13). The molecule has 0 atom stereocenters. The molecule has 14 heavy (non-hydrogen) atoms. The molecule has 78 valence electrons. The van der Waals surface area contributed by atoms with Gasteiger partial charge in [-0.25, -0.2) is 0 Å². The van der Waals surface area contributed by atoms with Crippen molar-refractivity contribution in [1.29, 1.82) is 0 Å². The lowest BCUT2D eigenvalue weighted by molar-refractivity contribution is 0.118. The van der Waals surface area contributed by atoms with Gasteiger partial charge in [-0.1, -0.05) is 6.92 Å². The van der Waals surface area contributed by atoms with Gasteiger partial charge in [0.25, 0.3) is 0 Å². The third kappa shape index (κ3) is 2.45. The van der Waals surface area contributed by atoms with E-state index in [2.05, 4.69) is 11.9 Å². The first-order valence-electron chi connectivity index (χ1n) is 4.95. The highest BCUT2D eigenvalue weighted by Gasteiger charge is 2.05. The number of nitrogens with two attached hydrogens (primary N) is 1. The second-order valence-electron chi connectivity index (χ2n) is 3.48. The molecule has 0 aliphatic heterocycles. The molecule has 0 fully saturated rings. The van der Waals surface area contributed by atoms with Gasteiger partial charge < -0.3 is 10.5 Å². The SMILES string of the molecule is CCCOCc1ncc(C)c(N)c1C. The average Bonchev–Trinajstić information content (AvgIpc) is 2.18. The summed E-state index contributed by atoms with van der Waals surface area (Å²) in [5.74, 6) is 0. The zero-order chi connectivity index (χ0) is 10.6. The first kappa shape index (κ1) is 11.0. The number of ether oxygens (including phenoxy) is 1. The van der Waals surface area contributed by atoms with Gasteiger partial charge in [0.05, 0.1) is 12.3 Å². The van der Waals surface area contributed by atoms with Crippen LogP contribution in [0.25, 0.3) is 0 Å². The summed E-state index contributed by atoms with van der Waals surface area (Å²) in [6, 6.07) is 0. The Morgan fingerprint density at radius 3 is 2.79 bits per heavy atom. The van der Waals surface area contributed by atoms with Gasteiger partial charge in [0, 0.05) is 18.5 Å². The lowest BCUT2D eigenvalue weighted by atomic mass is 10.1. The fourth-order valence-electron chi connectivity index (χ4n) is 1.25. The van der Waals surface area contributed by atoms with Crippen molar-refractivity contribution in [2.24, 2.45) is 0 Å². The first-order chi connectivity index (χ1) is 6.66. The summed E-state index contributed by atoms with van der Waals surface area (Å²) in [7, 11) is 0. The number of hydrogen-bond acceptors (Lipinski definition) is 3. The summed E-state index contributed by atoms with van der Waals surface area (Å²) >= 11 is 0. The number of anilines is 1.